The molecule has 6 heteroatoms. The zero-order valence-corrected chi connectivity index (χ0v) is 12.1. The minimum absolute atomic E-state index is 0.170. The van der Waals surface area contributed by atoms with Gasteiger partial charge in [-0.2, -0.15) is 0 Å². The molecule has 0 amide bonds. The van der Waals surface area contributed by atoms with Crippen molar-refractivity contribution in [1.29, 1.82) is 0 Å². The Balaban J connectivity index is 1.92. The molecule has 1 aromatic carbocycles. The molecule has 2 aromatic rings. The van der Waals surface area contributed by atoms with Crippen LogP contribution in [0.25, 0.3) is 0 Å². The monoisotopic (exact) mass is 295 g/mol. The third-order valence-corrected chi connectivity index (χ3v) is 4.15. The predicted molar refractivity (Wildman–Crippen MR) is 77.2 cm³/mol. The lowest BCUT2D eigenvalue weighted by molar-refractivity contribution is 0.316. The van der Waals surface area contributed by atoms with Gasteiger partial charge < -0.3 is 10.1 Å². The topological polar surface area (TPSA) is 47.0 Å². The van der Waals surface area contributed by atoms with Crippen LogP contribution in [0.5, 0.6) is 5.75 Å². The molecule has 1 atom stereocenters. The summed E-state index contributed by atoms with van der Waals surface area (Å²) in [6.07, 6.45) is 1.98. The first-order valence-corrected chi connectivity index (χ1v) is 7.41. The molecule has 0 radical (unpaired) electrons. The summed E-state index contributed by atoms with van der Waals surface area (Å²) in [5.74, 6) is 0.792. The Morgan fingerprint density at radius 2 is 2.32 bits per heavy atom. The Kier molecular flexibility index (Phi) is 3.57. The van der Waals surface area contributed by atoms with Gasteiger partial charge in [0.05, 0.1) is 17.7 Å². The zero-order chi connectivity index (χ0) is 13.2. The number of halogens is 1. The fraction of sp³-hybridized carbons (Fsp3) is 0.385. The van der Waals surface area contributed by atoms with Crippen LogP contribution in [0, 0.1) is 6.92 Å². The highest BCUT2D eigenvalue weighted by molar-refractivity contribution is 7.15. The number of hydrogen-bond donors (Lipinski definition) is 1. The summed E-state index contributed by atoms with van der Waals surface area (Å²) in [6.45, 7) is 2.65. The van der Waals surface area contributed by atoms with Crippen molar-refractivity contribution in [3.63, 3.8) is 0 Å². The highest BCUT2D eigenvalue weighted by atomic mass is 35.5. The number of anilines is 1. The molecule has 0 aliphatic carbocycles. The molecule has 1 aliphatic heterocycles. The van der Waals surface area contributed by atoms with Crippen molar-refractivity contribution in [2.45, 2.75) is 25.8 Å². The lowest BCUT2D eigenvalue weighted by atomic mass is 10.0. The van der Waals surface area contributed by atoms with Crippen LogP contribution >= 0.6 is 22.9 Å². The van der Waals surface area contributed by atoms with Crippen LogP contribution < -0.4 is 10.1 Å². The maximum Gasteiger partial charge on any atom is 0.206 e. The maximum atomic E-state index is 6.21. The van der Waals surface area contributed by atoms with Crippen molar-refractivity contribution in [2.24, 2.45) is 0 Å². The molecule has 3 rings (SSSR count). The number of rotatable bonds is 2. The van der Waals surface area contributed by atoms with Gasteiger partial charge in [0, 0.05) is 5.56 Å². The number of benzene rings is 1. The standard InChI is InChI=1S/C13H14ClN3OS/c1-8-16-17-13(19-8)15-11-6-3-7-18-12-9(11)4-2-5-10(12)14/h2,4-5,11H,3,6-7H2,1H3,(H,15,17). The lowest BCUT2D eigenvalue weighted by Gasteiger charge is -2.17. The quantitative estimate of drug-likeness (QED) is 0.915. The van der Waals surface area contributed by atoms with Crippen molar-refractivity contribution < 1.29 is 4.74 Å². The molecule has 0 saturated carbocycles. The van der Waals surface area contributed by atoms with Gasteiger partial charge in [0.1, 0.15) is 10.8 Å². The SMILES string of the molecule is Cc1nnc(NC2CCCOc3c(Cl)cccc32)s1. The van der Waals surface area contributed by atoms with Crippen molar-refractivity contribution >= 4 is 28.1 Å². The van der Waals surface area contributed by atoms with E-state index >= 15 is 0 Å². The third-order valence-electron chi connectivity index (χ3n) is 3.08. The smallest absolute Gasteiger partial charge is 0.206 e. The van der Waals surface area contributed by atoms with Crippen LogP contribution in [0.1, 0.15) is 29.5 Å². The highest BCUT2D eigenvalue weighted by Crippen LogP contribution is 2.38. The molecule has 19 heavy (non-hydrogen) atoms. The van der Waals surface area contributed by atoms with Crippen molar-refractivity contribution in [2.75, 3.05) is 11.9 Å². The Hall–Kier alpha value is -1.33. The first-order chi connectivity index (χ1) is 9.24. The van der Waals surface area contributed by atoms with Crippen LogP contribution in [0.3, 0.4) is 0 Å². The molecule has 0 fully saturated rings. The van der Waals surface area contributed by atoms with Gasteiger partial charge in [-0.3, -0.25) is 0 Å². The molecule has 1 unspecified atom stereocenters. The largest absolute Gasteiger partial charge is 0.492 e. The van der Waals surface area contributed by atoms with E-state index in [4.69, 9.17) is 16.3 Å². The molecule has 0 spiro atoms. The first kappa shape index (κ1) is 12.7. The number of fused-ring (bicyclic) bond motifs is 1. The average Bonchev–Trinajstić information content (AvgIpc) is 2.68. The van der Waals surface area contributed by atoms with Gasteiger partial charge in [-0.15, -0.1) is 10.2 Å². The molecule has 1 aromatic heterocycles. The summed E-state index contributed by atoms with van der Waals surface area (Å²) < 4.78 is 5.75. The van der Waals surface area contributed by atoms with E-state index in [9.17, 15) is 0 Å². The van der Waals surface area contributed by atoms with Crippen molar-refractivity contribution in [1.82, 2.24) is 10.2 Å². The van der Waals surface area contributed by atoms with E-state index < -0.39 is 0 Å². The van der Waals surface area contributed by atoms with Gasteiger partial charge in [0.15, 0.2) is 0 Å². The van der Waals surface area contributed by atoms with Crippen molar-refractivity contribution in [3.05, 3.63) is 33.8 Å². The summed E-state index contributed by atoms with van der Waals surface area (Å²) in [6, 6.07) is 6.04. The van der Waals surface area contributed by atoms with E-state index in [1.807, 2.05) is 19.1 Å². The Morgan fingerprint density at radius 3 is 3.11 bits per heavy atom. The van der Waals surface area contributed by atoms with E-state index in [-0.39, 0.29) is 6.04 Å². The molecule has 2 heterocycles. The van der Waals surface area contributed by atoms with Crippen LogP contribution in [0.2, 0.25) is 5.02 Å². The van der Waals surface area contributed by atoms with E-state index in [2.05, 4.69) is 21.6 Å². The Bertz CT molecular complexity index is 587. The van der Waals surface area contributed by atoms with Crippen LogP contribution in [0.4, 0.5) is 5.13 Å². The molecule has 0 bridgehead atoms. The minimum Gasteiger partial charge on any atom is -0.492 e. The van der Waals surface area contributed by atoms with Gasteiger partial charge in [-0.05, 0) is 25.8 Å². The molecule has 1 aliphatic rings. The first-order valence-electron chi connectivity index (χ1n) is 6.22. The van der Waals surface area contributed by atoms with Gasteiger partial charge in [-0.1, -0.05) is 35.1 Å². The van der Waals surface area contributed by atoms with Crippen LogP contribution in [0.15, 0.2) is 18.2 Å². The number of nitrogens with zero attached hydrogens (tertiary/aromatic N) is 2. The maximum absolute atomic E-state index is 6.21. The minimum atomic E-state index is 0.170. The summed E-state index contributed by atoms with van der Waals surface area (Å²) in [7, 11) is 0. The van der Waals surface area contributed by atoms with Crippen LogP contribution in [-0.4, -0.2) is 16.8 Å². The summed E-state index contributed by atoms with van der Waals surface area (Å²) in [4.78, 5) is 0. The van der Waals surface area contributed by atoms with Gasteiger partial charge >= 0.3 is 0 Å². The van der Waals surface area contributed by atoms with E-state index in [1.165, 1.54) is 0 Å². The Labute approximate surface area is 120 Å². The van der Waals surface area contributed by atoms with Gasteiger partial charge in [-0.25, -0.2) is 0 Å². The van der Waals surface area contributed by atoms with E-state index in [0.29, 0.717) is 11.6 Å². The predicted octanol–water partition coefficient (Wildman–Crippen LogP) is 3.83. The number of hydrogen-bond acceptors (Lipinski definition) is 5. The summed E-state index contributed by atoms with van der Waals surface area (Å²) >= 11 is 7.77. The summed E-state index contributed by atoms with van der Waals surface area (Å²) in [5.41, 5.74) is 1.10. The Morgan fingerprint density at radius 1 is 1.42 bits per heavy atom. The third kappa shape index (κ3) is 2.67. The molecule has 0 saturated heterocycles. The zero-order valence-electron chi connectivity index (χ0n) is 10.5. The normalized spacial score (nSPS) is 18.3. The molecule has 4 nitrogen and oxygen atoms in total. The number of ether oxygens (including phenoxy) is 1. The molecular weight excluding hydrogens is 282 g/mol. The second kappa shape index (κ2) is 5.35. The second-order valence-electron chi connectivity index (χ2n) is 4.47. The van der Waals surface area contributed by atoms with E-state index in [0.717, 1.165) is 34.3 Å². The lowest BCUT2D eigenvalue weighted by Crippen LogP contribution is -2.10. The van der Waals surface area contributed by atoms with Gasteiger partial charge in [0.25, 0.3) is 0 Å². The number of para-hydroxylation sites is 1. The van der Waals surface area contributed by atoms with Gasteiger partial charge in [0.2, 0.25) is 5.13 Å². The fourth-order valence-electron chi connectivity index (χ4n) is 2.22. The molecule has 1 N–H and O–H groups in total. The summed E-state index contributed by atoms with van der Waals surface area (Å²) in [5, 5.41) is 14.0. The number of aryl methyl sites for hydroxylation is 1. The highest BCUT2D eigenvalue weighted by Gasteiger charge is 2.22. The fourth-order valence-corrected chi connectivity index (χ4v) is 3.10. The average molecular weight is 296 g/mol. The van der Waals surface area contributed by atoms with Crippen LogP contribution in [-0.2, 0) is 0 Å². The molecular formula is C13H14ClN3OS. The van der Waals surface area contributed by atoms with E-state index in [1.54, 1.807) is 11.3 Å². The molecule has 100 valence electrons. The second-order valence-corrected chi connectivity index (χ2v) is 6.06. The number of nitrogens with one attached hydrogen (secondary N) is 1. The number of aromatic nitrogens is 2. The van der Waals surface area contributed by atoms with Crippen molar-refractivity contribution in [3.8, 4) is 5.75 Å².